The molecule has 0 saturated heterocycles. The molecule has 3 rings (SSSR count). The molecule has 0 aromatic carbocycles. The van der Waals surface area contributed by atoms with Gasteiger partial charge in [-0.1, -0.05) is 6.42 Å². The van der Waals surface area contributed by atoms with Gasteiger partial charge in [0.25, 0.3) is 0 Å². The van der Waals surface area contributed by atoms with Crippen molar-refractivity contribution in [3.63, 3.8) is 0 Å². The molecule has 4 nitrogen and oxygen atoms in total. The van der Waals surface area contributed by atoms with E-state index in [4.69, 9.17) is 0 Å². The van der Waals surface area contributed by atoms with Gasteiger partial charge in [0.1, 0.15) is 12.1 Å². The minimum absolute atomic E-state index is 0.430. The van der Waals surface area contributed by atoms with Crippen molar-refractivity contribution in [2.75, 3.05) is 0 Å². The summed E-state index contributed by atoms with van der Waals surface area (Å²) in [6.45, 7) is 0. The van der Waals surface area contributed by atoms with Gasteiger partial charge in [-0.2, -0.15) is 5.10 Å². The lowest BCUT2D eigenvalue weighted by atomic mass is 9.85. The van der Waals surface area contributed by atoms with Crippen molar-refractivity contribution in [3.05, 3.63) is 11.6 Å². The molecule has 0 radical (unpaired) electrons. The Morgan fingerprint density at radius 3 is 2.71 bits per heavy atom. The number of aliphatic hydroxyl groups is 1. The highest BCUT2D eigenvalue weighted by atomic mass is 16.3. The first-order chi connectivity index (χ1) is 6.84. The predicted molar refractivity (Wildman–Crippen MR) is 50.8 cm³/mol. The summed E-state index contributed by atoms with van der Waals surface area (Å²) in [6.07, 6.45) is 6.14. The van der Waals surface area contributed by atoms with E-state index >= 15 is 0 Å². The fraction of sp³-hybridized carbons (Fsp3) is 0.800. The summed E-state index contributed by atoms with van der Waals surface area (Å²) in [5, 5.41) is 14.1. The molecule has 1 aliphatic carbocycles. The summed E-state index contributed by atoms with van der Waals surface area (Å²) < 4.78 is 1.72. The fourth-order valence-corrected chi connectivity index (χ4v) is 2.19. The molecule has 1 aliphatic heterocycles. The van der Waals surface area contributed by atoms with Crippen molar-refractivity contribution in [1.29, 1.82) is 0 Å². The molecule has 0 bridgehead atoms. The maximum absolute atomic E-state index is 9.71. The highest BCUT2D eigenvalue weighted by Crippen LogP contribution is 2.35. The average Bonchev–Trinajstić information content (AvgIpc) is 2.46. The quantitative estimate of drug-likeness (QED) is 0.733. The summed E-state index contributed by atoms with van der Waals surface area (Å²) in [5.74, 6) is 2.51. The Morgan fingerprint density at radius 2 is 2.07 bits per heavy atom. The van der Waals surface area contributed by atoms with E-state index in [0.29, 0.717) is 5.92 Å². The number of aliphatic hydroxyl groups excluding tert-OH is 1. The lowest BCUT2D eigenvalue weighted by molar-refractivity contribution is 0.0641. The Labute approximate surface area is 83.0 Å². The number of hydrogen-bond acceptors (Lipinski definition) is 3. The van der Waals surface area contributed by atoms with Crippen LogP contribution in [-0.2, 0) is 6.42 Å². The molecule has 76 valence electrons. The number of aryl methyl sites for hydroxylation is 1. The zero-order valence-corrected chi connectivity index (χ0v) is 8.19. The molecule has 14 heavy (non-hydrogen) atoms. The van der Waals surface area contributed by atoms with Gasteiger partial charge < -0.3 is 5.11 Å². The highest BCUT2D eigenvalue weighted by molar-refractivity contribution is 5.04. The average molecular weight is 193 g/mol. The van der Waals surface area contributed by atoms with Crippen molar-refractivity contribution in [3.8, 4) is 0 Å². The van der Waals surface area contributed by atoms with Gasteiger partial charge in [0.15, 0.2) is 5.82 Å². The first-order valence-electron chi connectivity index (χ1n) is 5.48. The Bertz CT molecular complexity index is 343. The van der Waals surface area contributed by atoms with Gasteiger partial charge in [0.05, 0.1) is 0 Å². The first kappa shape index (κ1) is 8.41. The molecule has 1 aromatic heterocycles. The van der Waals surface area contributed by atoms with Crippen LogP contribution in [0.15, 0.2) is 0 Å². The van der Waals surface area contributed by atoms with E-state index in [1.807, 2.05) is 0 Å². The molecule has 1 aromatic rings. The van der Waals surface area contributed by atoms with Crippen LogP contribution in [0, 0.1) is 0 Å². The van der Waals surface area contributed by atoms with Crippen LogP contribution >= 0.6 is 0 Å². The second-order valence-corrected chi connectivity index (χ2v) is 4.33. The van der Waals surface area contributed by atoms with Gasteiger partial charge in [0, 0.05) is 12.3 Å². The van der Waals surface area contributed by atoms with Crippen LogP contribution in [-0.4, -0.2) is 19.9 Å². The highest BCUT2D eigenvalue weighted by Gasteiger charge is 2.27. The third-order valence-corrected chi connectivity index (χ3v) is 3.33. The number of aromatic nitrogens is 3. The molecule has 0 spiro atoms. The van der Waals surface area contributed by atoms with Crippen molar-refractivity contribution >= 4 is 0 Å². The number of hydrogen-bond donors (Lipinski definition) is 1. The topological polar surface area (TPSA) is 50.9 Å². The fourth-order valence-electron chi connectivity index (χ4n) is 2.19. The first-order valence-corrected chi connectivity index (χ1v) is 5.48. The number of nitrogens with zero attached hydrogens (tertiary/aromatic N) is 3. The molecule has 1 saturated carbocycles. The maximum atomic E-state index is 9.71. The Morgan fingerprint density at radius 1 is 1.21 bits per heavy atom. The van der Waals surface area contributed by atoms with E-state index in [0.717, 1.165) is 30.9 Å². The minimum atomic E-state index is -0.430. The van der Waals surface area contributed by atoms with E-state index in [1.54, 1.807) is 4.68 Å². The number of fused-ring (bicyclic) bond motifs is 1. The van der Waals surface area contributed by atoms with Crippen LogP contribution < -0.4 is 0 Å². The van der Waals surface area contributed by atoms with Gasteiger partial charge in [-0.3, -0.25) is 0 Å². The molecular formula is C10H15N3O. The minimum Gasteiger partial charge on any atom is -0.372 e. The molecule has 1 N–H and O–H groups in total. The zero-order valence-electron chi connectivity index (χ0n) is 8.19. The molecule has 2 heterocycles. The molecule has 0 amide bonds. The van der Waals surface area contributed by atoms with Crippen molar-refractivity contribution < 1.29 is 5.11 Å². The van der Waals surface area contributed by atoms with Crippen LogP contribution in [0.3, 0.4) is 0 Å². The van der Waals surface area contributed by atoms with E-state index in [-0.39, 0.29) is 0 Å². The zero-order chi connectivity index (χ0) is 9.54. The molecule has 1 fully saturated rings. The van der Waals surface area contributed by atoms with E-state index in [9.17, 15) is 5.11 Å². The third-order valence-electron chi connectivity index (χ3n) is 3.33. The monoisotopic (exact) mass is 193 g/mol. The standard InChI is InChI=1S/C10H15N3O/c14-9-6-2-5-8-11-10(12-13(8)9)7-3-1-4-7/h7,9,14H,1-6H2. The van der Waals surface area contributed by atoms with Gasteiger partial charge in [-0.25, -0.2) is 9.67 Å². The summed E-state index contributed by atoms with van der Waals surface area (Å²) >= 11 is 0. The Kier molecular flexibility index (Phi) is 1.83. The normalized spacial score (nSPS) is 27.1. The van der Waals surface area contributed by atoms with Crippen LogP contribution in [0.1, 0.15) is 55.9 Å². The molecule has 4 heteroatoms. The smallest absolute Gasteiger partial charge is 0.154 e. The van der Waals surface area contributed by atoms with Crippen LogP contribution in [0.2, 0.25) is 0 Å². The van der Waals surface area contributed by atoms with Crippen molar-refractivity contribution in [2.24, 2.45) is 0 Å². The van der Waals surface area contributed by atoms with Crippen molar-refractivity contribution in [2.45, 2.75) is 50.7 Å². The van der Waals surface area contributed by atoms with Gasteiger partial charge in [-0.05, 0) is 25.7 Å². The van der Waals surface area contributed by atoms with Gasteiger partial charge >= 0.3 is 0 Å². The SMILES string of the molecule is OC1CCCc2nc(C3CCC3)nn21. The molecular weight excluding hydrogens is 178 g/mol. The summed E-state index contributed by atoms with van der Waals surface area (Å²) in [7, 11) is 0. The van der Waals surface area contributed by atoms with Gasteiger partial charge in [-0.15, -0.1) is 0 Å². The summed E-state index contributed by atoms with van der Waals surface area (Å²) in [6, 6.07) is 0. The summed E-state index contributed by atoms with van der Waals surface area (Å²) in [4.78, 5) is 4.52. The second-order valence-electron chi connectivity index (χ2n) is 4.33. The molecule has 1 unspecified atom stereocenters. The van der Waals surface area contributed by atoms with E-state index < -0.39 is 6.23 Å². The van der Waals surface area contributed by atoms with Crippen LogP contribution in [0.5, 0.6) is 0 Å². The van der Waals surface area contributed by atoms with Gasteiger partial charge in [0.2, 0.25) is 0 Å². The third kappa shape index (κ3) is 1.17. The van der Waals surface area contributed by atoms with Crippen molar-refractivity contribution in [1.82, 2.24) is 14.8 Å². The Hall–Kier alpha value is -0.900. The Balaban J connectivity index is 1.93. The van der Waals surface area contributed by atoms with E-state index in [2.05, 4.69) is 10.1 Å². The summed E-state index contributed by atoms with van der Waals surface area (Å²) in [5.41, 5.74) is 0. The largest absolute Gasteiger partial charge is 0.372 e. The molecule has 1 atom stereocenters. The second kappa shape index (κ2) is 3.05. The van der Waals surface area contributed by atoms with E-state index in [1.165, 1.54) is 19.3 Å². The lowest BCUT2D eigenvalue weighted by Gasteiger charge is -2.21. The molecule has 2 aliphatic rings. The maximum Gasteiger partial charge on any atom is 0.154 e. The predicted octanol–water partition coefficient (Wildman–Crippen LogP) is 1.37. The van der Waals surface area contributed by atoms with Crippen LogP contribution in [0.4, 0.5) is 0 Å². The number of rotatable bonds is 1. The lowest BCUT2D eigenvalue weighted by Crippen LogP contribution is -2.18. The van der Waals surface area contributed by atoms with Crippen LogP contribution in [0.25, 0.3) is 0 Å².